The van der Waals surface area contributed by atoms with Gasteiger partial charge in [-0.1, -0.05) is 34.1 Å². The van der Waals surface area contributed by atoms with Crippen molar-refractivity contribution in [3.8, 4) is 0 Å². The zero-order valence-corrected chi connectivity index (χ0v) is 16.1. The highest BCUT2D eigenvalue weighted by Crippen LogP contribution is 2.14. The van der Waals surface area contributed by atoms with Gasteiger partial charge in [0, 0.05) is 35.6 Å². The molecular formula is C19H17BrN4O3. The van der Waals surface area contributed by atoms with Gasteiger partial charge in [-0.3, -0.25) is 14.4 Å². The molecule has 0 spiro atoms. The van der Waals surface area contributed by atoms with Gasteiger partial charge in [-0.25, -0.2) is 4.68 Å². The highest BCUT2D eigenvalue weighted by atomic mass is 79.9. The summed E-state index contributed by atoms with van der Waals surface area (Å²) < 4.78 is 2.06. The van der Waals surface area contributed by atoms with Gasteiger partial charge in [0.15, 0.2) is 5.69 Å². The maximum atomic E-state index is 12.5. The molecule has 27 heavy (non-hydrogen) atoms. The van der Waals surface area contributed by atoms with Crippen LogP contribution in [0.2, 0.25) is 0 Å². The summed E-state index contributed by atoms with van der Waals surface area (Å²) in [6.07, 6.45) is 0.117. The standard InChI is InChI=1S/C19H17BrN4O3/c1-24-19(27)15-5-3-2-4-14(15)17(23-24)18(26)21-11-10-16(25)22-13-8-6-12(20)7-9-13/h2-9H,10-11H2,1H3,(H,21,26)(H,22,25). The second-order valence-corrected chi connectivity index (χ2v) is 6.80. The SMILES string of the molecule is Cn1nc(C(=O)NCCC(=O)Nc2ccc(Br)cc2)c2ccccc2c1=O. The second-order valence-electron chi connectivity index (χ2n) is 5.88. The summed E-state index contributed by atoms with van der Waals surface area (Å²) in [6.45, 7) is 0.153. The summed E-state index contributed by atoms with van der Waals surface area (Å²) in [5, 5.41) is 10.4. The normalized spacial score (nSPS) is 10.6. The fraction of sp³-hybridized carbons (Fsp3) is 0.158. The average molecular weight is 429 g/mol. The van der Waals surface area contributed by atoms with Gasteiger partial charge in [0.25, 0.3) is 11.5 Å². The van der Waals surface area contributed by atoms with Crippen LogP contribution in [0, 0.1) is 0 Å². The van der Waals surface area contributed by atoms with Crippen LogP contribution in [0.4, 0.5) is 5.69 Å². The van der Waals surface area contributed by atoms with Gasteiger partial charge >= 0.3 is 0 Å². The number of carbonyl (C=O) groups is 2. The maximum Gasteiger partial charge on any atom is 0.274 e. The summed E-state index contributed by atoms with van der Waals surface area (Å²) in [4.78, 5) is 36.6. The van der Waals surface area contributed by atoms with E-state index in [0.29, 0.717) is 16.5 Å². The molecule has 0 aliphatic rings. The third-order valence-electron chi connectivity index (χ3n) is 3.94. The van der Waals surface area contributed by atoms with Crippen LogP contribution in [0.15, 0.2) is 57.8 Å². The molecule has 3 aromatic rings. The lowest BCUT2D eigenvalue weighted by atomic mass is 10.1. The number of nitrogens with zero attached hydrogens (tertiary/aromatic N) is 2. The van der Waals surface area contributed by atoms with E-state index in [2.05, 4.69) is 31.7 Å². The summed E-state index contributed by atoms with van der Waals surface area (Å²) >= 11 is 3.33. The average Bonchev–Trinajstić information content (AvgIpc) is 2.66. The highest BCUT2D eigenvalue weighted by Gasteiger charge is 2.15. The van der Waals surface area contributed by atoms with E-state index in [1.807, 2.05) is 12.1 Å². The molecule has 0 saturated heterocycles. The first-order valence-corrected chi connectivity index (χ1v) is 9.04. The predicted molar refractivity (Wildman–Crippen MR) is 107 cm³/mol. The van der Waals surface area contributed by atoms with Gasteiger partial charge < -0.3 is 10.6 Å². The van der Waals surface area contributed by atoms with Crippen LogP contribution in [0.1, 0.15) is 16.9 Å². The maximum absolute atomic E-state index is 12.5. The Morgan fingerprint density at radius 3 is 2.44 bits per heavy atom. The summed E-state index contributed by atoms with van der Waals surface area (Å²) in [7, 11) is 1.50. The molecule has 8 heteroatoms. The van der Waals surface area contributed by atoms with Gasteiger partial charge in [-0.05, 0) is 30.3 Å². The highest BCUT2D eigenvalue weighted by molar-refractivity contribution is 9.10. The van der Waals surface area contributed by atoms with Crippen LogP contribution in [-0.4, -0.2) is 28.1 Å². The lowest BCUT2D eigenvalue weighted by Crippen LogP contribution is -2.31. The first-order valence-electron chi connectivity index (χ1n) is 8.25. The third kappa shape index (κ3) is 4.40. The number of hydrogen-bond donors (Lipinski definition) is 2. The molecule has 2 aromatic carbocycles. The van der Waals surface area contributed by atoms with E-state index in [1.54, 1.807) is 36.4 Å². The fourth-order valence-electron chi connectivity index (χ4n) is 2.60. The molecule has 1 heterocycles. The number of halogens is 1. The lowest BCUT2D eigenvalue weighted by molar-refractivity contribution is -0.116. The van der Waals surface area contributed by atoms with Crippen molar-refractivity contribution in [3.05, 3.63) is 69.1 Å². The van der Waals surface area contributed by atoms with Crippen molar-refractivity contribution in [2.45, 2.75) is 6.42 Å². The topological polar surface area (TPSA) is 93.1 Å². The Morgan fingerprint density at radius 1 is 1.07 bits per heavy atom. The zero-order valence-electron chi connectivity index (χ0n) is 14.5. The van der Waals surface area contributed by atoms with Crippen LogP contribution in [0.3, 0.4) is 0 Å². The summed E-state index contributed by atoms with van der Waals surface area (Å²) in [5.74, 6) is -0.644. The van der Waals surface area contributed by atoms with Crippen molar-refractivity contribution in [2.75, 3.05) is 11.9 Å². The van der Waals surface area contributed by atoms with E-state index in [-0.39, 0.29) is 30.1 Å². The van der Waals surface area contributed by atoms with Gasteiger partial charge in [0.1, 0.15) is 0 Å². The minimum absolute atomic E-state index is 0.117. The largest absolute Gasteiger partial charge is 0.350 e. The number of fused-ring (bicyclic) bond motifs is 1. The Kier molecular flexibility index (Phi) is 5.66. The van der Waals surface area contributed by atoms with E-state index < -0.39 is 5.91 Å². The molecule has 0 unspecified atom stereocenters. The smallest absolute Gasteiger partial charge is 0.274 e. The second kappa shape index (κ2) is 8.13. The molecular weight excluding hydrogens is 412 g/mol. The Labute approximate surface area is 163 Å². The molecule has 138 valence electrons. The molecule has 2 N–H and O–H groups in total. The van der Waals surface area contributed by atoms with Crippen molar-refractivity contribution in [2.24, 2.45) is 7.05 Å². The summed E-state index contributed by atoms with van der Waals surface area (Å²) in [5.41, 5.74) is 0.567. The Balaban J connectivity index is 1.64. The molecule has 7 nitrogen and oxygen atoms in total. The minimum Gasteiger partial charge on any atom is -0.350 e. The van der Waals surface area contributed by atoms with Gasteiger partial charge in [0.2, 0.25) is 5.91 Å². The monoisotopic (exact) mass is 428 g/mol. The van der Waals surface area contributed by atoms with Crippen LogP contribution >= 0.6 is 15.9 Å². The zero-order chi connectivity index (χ0) is 19.4. The van der Waals surface area contributed by atoms with Crippen molar-refractivity contribution in [1.82, 2.24) is 15.1 Å². The minimum atomic E-state index is -0.432. The third-order valence-corrected chi connectivity index (χ3v) is 4.47. The fourth-order valence-corrected chi connectivity index (χ4v) is 2.86. The molecule has 1 aromatic heterocycles. The number of anilines is 1. The Hall–Kier alpha value is -3.00. The first-order chi connectivity index (χ1) is 13.0. The van der Waals surface area contributed by atoms with E-state index in [4.69, 9.17) is 0 Å². The molecule has 0 aliphatic heterocycles. The lowest BCUT2D eigenvalue weighted by Gasteiger charge is -2.09. The van der Waals surface area contributed by atoms with Gasteiger partial charge in [0.05, 0.1) is 5.39 Å². The van der Waals surface area contributed by atoms with Crippen molar-refractivity contribution in [1.29, 1.82) is 0 Å². The van der Waals surface area contributed by atoms with Crippen LogP contribution in [-0.2, 0) is 11.8 Å². The van der Waals surface area contributed by atoms with Crippen LogP contribution in [0.25, 0.3) is 10.8 Å². The molecule has 0 atom stereocenters. The molecule has 2 amide bonds. The van der Waals surface area contributed by atoms with Crippen LogP contribution in [0.5, 0.6) is 0 Å². The number of rotatable bonds is 5. The van der Waals surface area contributed by atoms with Crippen molar-refractivity contribution < 1.29 is 9.59 Å². The number of aryl methyl sites for hydroxylation is 1. The number of carbonyl (C=O) groups excluding carboxylic acids is 2. The number of benzene rings is 2. The molecule has 0 aliphatic carbocycles. The van der Waals surface area contributed by atoms with Crippen LogP contribution < -0.4 is 16.2 Å². The molecule has 0 radical (unpaired) electrons. The first kappa shape index (κ1) is 18.8. The van der Waals surface area contributed by atoms with E-state index >= 15 is 0 Å². The Morgan fingerprint density at radius 2 is 1.74 bits per heavy atom. The molecule has 0 saturated carbocycles. The number of aromatic nitrogens is 2. The molecule has 3 rings (SSSR count). The predicted octanol–water partition coefficient (Wildman–Crippen LogP) is 2.45. The quantitative estimate of drug-likeness (QED) is 0.652. The number of amides is 2. The van der Waals surface area contributed by atoms with Gasteiger partial charge in [-0.2, -0.15) is 5.10 Å². The van der Waals surface area contributed by atoms with E-state index in [0.717, 1.165) is 9.15 Å². The number of hydrogen-bond acceptors (Lipinski definition) is 4. The van der Waals surface area contributed by atoms with E-state index in [9.17, 15) is 14.4 Å². The molecule has 0 bridgehead atoms. The van der Waals surface area contributed by atoms with E-state index in [1.165, 1.54) is 7.05 Å². The van der Waals surface area contributed by atoms with Crippen molar-refractivity contribution >= 4 is 44.2 Å². The summed E-state index contributed by atoms with van der Waals surface area (Å²) in [6, 6.07) is 14.0. The molecule has 0 fully saturated rings. The number of nitrogens with one attached hydrogen (secondary N) is 2. The van der Waals surface area contributed by atoms with Gasteiger partial charge in [-0.15, -0.1) is 0 Å². The van der Waals surface area contributed by atoms with Crippen molar-refractivity contribution in [3.63, 3.8) is 0 Å². The Bertz CT molecular complexity index is 1060.